The van der Waals surface area contributed by atoms with Crippen molar-refractivity contribution in [2.45, 2.75) is 32.2 Å². The molecule has 21 heavy (non-hydrogen) atoms. The maximum Gasteiger partial charge on any atom is 0.171 e. The number of aryl methyl sites for hydroxylation is 1. The van der Waals surface area contributed by atoms with Crippen molar-refractivity contribution < 1.29 is 4.79 Å². The molecule has 0 amide bonds. The fraction of sp³-hybridized carbons (Fsp3) is 0.312. The van der Waals surface area contributed by atoms with Crippen molar-refractivity contribution in [2.75, 3.05) is 5.32 Å². The minimum absolute atomic E-state index is 0.00394. The third kappa shape index (κ3) is 3.22. The van der Waals surface area contributed by atoms with E-state index in [0.717, 1.165) is 24.0 Å². The highest BCUT2D eigenvalue weighted by molar-refractivity contribution is 6.30. The van der Waals surface area contributed by atoms with E-state index in [1.807, 2.05) is 13.0 Å². The van der Waals surface area contributed by atoms with E-state index in [9.17, 15) is 4.79 Å². The molecule has 0 aliphatic heterocycles. The summed E-state index contributed by atoms with van der Waals surface area (Å²) >= 11 is 6.10. The lowest BCUT2D eigenvalue weighted by Crippen LogP contribution is -2.12. The first-order valence-electron chi connectivity index (χ1n) is 7.00. The van der Waals surface area contributed by atoms with Gasteiger partial charge in [0.05, 0.1) is 5.56 Å². The average molecular weight is 302 g/mol. The van der Waals surface area contributed by atoms with Crippen LogP contribution in [-0.4, -0.2) is 21.8 Å². The van der Waals surface area contributed by atoms with Crippen molar-refractivity contribution in [3.63, 3.8) is 0 Å². The van der Waals surface area contributed by atoms with Crippen LogP contribution in [0, 0.1) is 6.92 Å². The lowest BCUT2D eigenvalue weighted by Gasteiger charge is -2.11. The van der Waals surface area contributed by atoms with Gasteiger partial charge < -0.3 is 5.32 Å². The van der Waals surface area contributed by atoms with Crippen LogP contribution in [0.5, 0.6) is 0 Å². The van der Waals surface area contributed by atoms with Crippen LogP contribution in [0.15, 0.2) is 30.6 Å². The van der Waals surface area contributed by atoms with Gasteiger partial charge in [-0.1, -0.05) is 11.6 Å². The summed E-state index contributed by atoms with van der Waals surface area (Å²) in [5.41, 5.74) is 2.37. The smallest absolute Gasteiger partial charge is 0.171 e. The van der Waals surface area contributed by atoms with E-state index in [0.29, 0.717) is 22.6 Å². The van der Waals surface area contributed by atoms with E-state index in [4.69, 9.17) is 11.6 Å². The molecule has 0 unspecified atom stereocenters. The Morgan fingerprint density at radius 3 is 2.86 bits per heavy atom. The van der Waals surface area contributed by atoms with Crippen LogP contribution in [-0.2, 0) is 6.42 Å². The number of pyridine rings is 2. The Balaban J connectivity index is 1.85. The highest BCUT2D eigenvalue weighted by Gasteiger charge is 2.24. The zero-order valence-electron chi connectivity index (χ0n) is 11.8. The lowest BCUT2D eigenvalue weighted by atomic mass is 10.0. The number of ketones is 1. The van der Waals surface area contributed by atoms with E-state index >= 15 is 0 Å². The van der Waals surface area contributed by atoms with Crippen LogP contribution < -0.4 is 5.32 Å². The molecule has 3 rings (SSSR count). The molecule has 0 aromatic carbocycles. The molecule has 1 saturated carbocycles. The number of Topliss-reactive ketones (excluding diaryl/α,β-unsaturated/α-hetero) is 1. The van der Waals surface area contributed by atoms with Gasteiger partial charge in [-0.15, -0.1) is 0 Å². The molecule has 1 aliphatic carbocycles. The Kier molecular flexibility index (Phi) is 3.88. The van der Waals surface area contributed by atoms with Gasteiger partial charge in [-0.05, 0) is 43.5 Å². The predicted octanol–water partition coefficient (Wildman–Crippen LogP) is 3.44. The number of nitrogens with one attached hydrogen (secondary N) is 1. The molecule has 4 nitrogen and oxygen atoms in total. The van der Waals surface area contributed by atoms with Crippen molar-refractivity contribution in [3.05, 3.63) is 52.4 Å². The third-order valence-corrected chi connectivity index (χ3v) is 3.93. The Labute approximate surface area is 128 Å². The molecule has 2 heterocycles. The number of halogens is 1. The molecule has 2 aromatic heterocycles. The van der Waals surface area contributed by atoms with Gasteiger partial charge in [0.25, 0.3) is 0 Å². The van der Waals surface area contributed by atoms with E-state index in [1.54, 1.807) is 24.5 Å². The number of hydrogen-bond donors (Lipinski definition) is 1. The summed E-state index contributed by atoms with van der Waals surface area (Å²) < 4.78 is 0. The Hall–Kier alpha value is -1.94. The standard InChI is InChI=1S/C16H16ClN3O/c1-10-6-8-18-15(17)13(10)9-14(21)12-3-2-7-19-16(12)20-11-4-5-11/h2-3,6-8,11H,4-5,9H2,1H3,(H,19,20). The van der Waals surface area contributed by atoms with Gasteiger partial charge in [-0.25, -0.2) is 9.97 Å². The Morgan fingerprint density at radius 2 is 2.14 bits per heavy atom. The largest absolute Gasteiger partial charge is 0.367 e. The van der Waals surface area contributed by atoms with Gasteiger partial charge in [0, 0.05) is 30.4 Å². The summed E-state index contributed by atoms with van der Waals surface area (Å²) in [7, 11) is 0. The van der Waals surface area contributed by atoms with Crippen LogP contribution in [0.2, 0.25) is 5.15 Å². The summed E-state index contributed by atoms with van der Waals surface area (Å²) in [6.45, 7) is 1.93. The number of carbonyl (C=O) groups excluding carboxylic acids is 1. The molecule has 0 spiro atoms. The highest BCUT2D eigenvalue weighted by atomic mass is 35.5. The quantitative estimate of drug-likeness (QED) is 0.679. The SMILES string of the molecule is Cc1ccnc(Cl)c1CC(=O)c1cccnc1NC1CC1. The third-order valence-electron chi connectivity index (χ3n) is 3.60. The van der Waals surface area contributed by atoms with Gasteiger partial charge in [0.1, 0.15) is 11.0 Å². The molecular weight excluding hydrogens is 286 g/mol. The van der Waals surface area contributed by atoms with Crippen molar-refractivity contribution in [3.8, 4) is 0 Å². The molecule has 0 bridgehead atoms. The maximum absolute atomic E-state index is 12.6. The molecule has 5 heteroatoms. The van der Waals surface area contributed by atoms with E-state index < -0.39 is 0 Å². The average Bonchev–Trinajstić information content (AvgIpc) is 3.27. The first-order valence-corrected chi connectivity index (χ1v) is 7.37. The van der Waals surface area contributed by atoms with Crippen molar-refractivity contribution in [1.82, 2.24) is 9.97 Å². The van der Waals surface area contributed by atoms with Gasteiger partial charge >= 0.3 is 0 Å². The molecule has 1 N–H and O–H groups in total. The number of anilines is 1. The van der Waals surface area contributed by atoms with Crippen LogP contribution in [0.1, 0.15) is 34.3 Å². The number of carbonyl (C=O) groups is 1. The monoisotopic (exact) mass is 301 g/mol. The molecule has 0 saturated heterocycles. The van der Waals surface area contributed by atoms with Crippen molar-refractivity contribution in [2.24, 2.45) is 0 Å². The fourth-order valence-electron chi connectivity index (χ4n) is 2.19. The van der Waals surface area contributed by atoms with Crippen molar-refractivity contribution in [1.29, 1.82) is 0 Å². The Morgan fingerprint density at radius 1 is 1.33 bits per heavy atom. The van der Waals surface area contributed by atoms with E-state index in [1.165, 1.54) is 0 Å². The summed E-state index contributed by atoms with van der Waals surface area (Å²) in [6.07, 6.45) is 5.86. The summed E-state index contributed by atoms with van der Waals surface area (Å²) in [6, 6.07) is 5.90. The zero-order valence-corrected chi connectivity index (χ0v) is 12.5. The van der Waals surface area contributed by atoms with Gasteiger partial charge in [0.2, 0.25) is 0 Å². The summed E-state index contributed by atoms with van der Waals surface area (Å²) in [4.78, 5) is 20.9. The number of nitrogens with zero attached hydrogens (tertiary/aromatic N) is 2. The normalized spacial score (nSPS) is 14.0. The molecule has 0 atom stereocenters. The van der Waals surface area contributed by atoms with Gasteiger partial charge in [0.15, 0.2) is 5.78 Å². The Bertz CT molecular complexity index is 663. The van der Waals surface area contributed by atoms with Crippen LogP contribution >= 0.6 is 11.6 Å². The molecule has 1 fully saturated rings. The van der Waals surface area contributed by atoms with Crippen LogP contribution in [0.25, 0.3) is 0 Å². The molecule has 1 aliphatic rings. The zero-order chi connectivity index (χ0) is 14.8. The second-order valence-electron chi connectivity index (χ2n) is 5.32. The predicted molar refractivity (Wildman–Crippen MR) is 82.9 cm³/mol. The van der Waals surface area contributed by atoms with Gasteiger partial charge in [-0.3, -0.25) is 4.79 Å². The molecule has 0 radical (unpaired) electrons. The van der Waals surface area contributed by atoms with Gasteiger partial charge in [-0.2, -0.15) is 0 Å². The first-order chi connectivity index (χ1) is 10.1. The maximum atomic E-state index is 12.6. The lowest BCUT2D eigenvalue weighted by molar-refractivity contribution is 0.0993. The van der Waals surface area contributed by atoms with Crippen LogP contribution in [0.4, 0.5) is 5.82 Å². The number of aromatic nitrogens is 2. The second kappa shape index (κ2) is 5.82. The van der Waals surface area contributed by atoms with E-state index in [2.05, 4.69) is 15.3 Å². The first kappa shape index (κ1) is 14.0. The molecule has 2 aromatic rings. The molecule has 108 valence electrons. The van der Waals surface area contributed by atoms with Crippen molar-refractivity contribution >= 4 is 23.2 Å². The number of hydrogen-bond acceptors (Lipinski definition) is 4. The minimum atomic E-state index is 0.00394. The second-order valence-corrected chi connectivity index (χ2v) is 5.67. The fourth-order valence-corrected chi connectivity index (χ4v) is 2.46. The minimum Gasteiger partial charge on any atom is -0.367 e. The van der Waals surface area contributed by atoms with E-state index in [-0.39, 0.29) is 12.2 Å². The summed E-state index contributed by atoms with van der Waals surface area (Å²) in [5, 5.41) is 3.69. The summed E-state index contributed by atoms with van der Waals surface area (Å²) in [5.74, 6) is 0.673. The number of rotatable bonds is 5. The molecular formula is C16H16ClN3O. The highest BCUT2D eigenvalue weighted by Crippen LogP contribution is 2.26. The van der Waals surface area contributed by atoms with Crippen LogP contribution in [0.3, 0.4) is 0 Å². The topological polar surface area (TPSA) is 54.9 Å².